The van der Waals surface area contributed by atoms with Crippen molar-refractivity contribution < 1.29 is 28.7 Å². The van der Waals surface area contributed by atoms with E-state index in [-0.39, 0.29) is 17.9 Å². The summed E-state index contributed by atoms with van der Waals surface area (Å²) in [6.07, 6.45) is 0.958. The lowest BCUT2D eigenvalue weighted by Gasteiger charge is -2.26. The zero-order valence-corrected chi connectivity index (χ0v) is 14.3. The number of hydrogen-bond acceptors (Lipinski definition) is 4. The smallest absolute Gasteiger partial charge is 0.436 e. The molecule has 0 fully saturated rings. The Bertz CT molecular complexity index is 590. The maximum Gasteiger partial charge on any atom is 0.436 e. The van der Waals surface area contributed by atoms with Gasteiger partial charge in [-0.15, -0.1) is 0 Å². The minimum absolute atomic E-state index is 0.0447. The first-order valence-corrected chi connectivity index (χ1v) is 8.99. The molecular weight excluding hydrogens is 321 g/mol. The molecule has 0 aliphatic heterocycles. The SMILES string of the molecule is CCOC(=O)c1ccc(N(C(=O)C(CC)CC)P(=O)(O)O)cc1. The lowest BCUT2D eigenvalue weighted by molar-refractivity contribution is -0.121. The van der Waals surface area contributed by atoms with Crippen molar-refractivity contribution in [3.63, 3.8) is 0 Å². The maximum absolute atomic E-state index is 12.4. The van der Waals surface area contributed by atoms with Crippen molar-refractivity contribution >= 4 is 25.3 Å². The molecule has 0 spiro atoms. The second-order valence-electron chi connectivity index (χ2n) is 4.94. The van der Waals surface area contributed by atoms with Crippen LogP contribution < -0.4 is 4.67 Å². The Labute approximate surface area is 135 Å². The number of esters is 1. The molecule has 128 valence electrons. The van der Waals surface area contributed by atoms with Gasteiger partial charge in [0.05, 0.1) is 17.9 Å². The van der Waals surface area contributed by atoms with Crippen LogP contribution in [0.25, 0.3) is 0 Å². The van der Waals surface area contributed by atoms with E-state index in [1.807, 2.05) is 0 Å². The molecular formula is C15H22NO6P. The van der Waals surface area contributed by atoms with Gasteiger partial charge in [-0.25, -0.2) is 14.0 Å². The van der Waals surface area contributed by atoms with Crippen LogP contribution in [0, 0.1) is 5.92 Å². The van der Waals surface area contributed by atoms with Gasteiger partial charge in [-0.3, -0.25) is 4.79 Å². The van der Waals surface area contributed by atoms with E-state index < -0.39 is 25.5 Å². The van der Waals surface area contributed by atoms with Gasteiger partial charge in [0.2, 0.25) is 5.91 Å². The highest BCUT2D eigenvalue weighted by atomic mass is 31.2. The van der Waals surface area contributed by atoms with Crippen LogP contribution in [-0.4, -0.2) is 28.3 Å². The maximum atomic E-state index is 12.4. The molecule has 0 aliphatic rings. The molecule has 1 aromatic carbocycles. The first kappa shape index (κ1) is 19.4. The van der Waals surface area contributed by atoms with Crippen LogP contribution in [0.5, 0.6) is 0 Å². The molecule has 0 heterocycles. The molecule has 0 atom stereocenters. The number of hydrogen-bond donors (Lipinski definition) is 2. The van der Waals surface area contributed by atoms with Gasteiger partial charge in [-0.2, -0.15) is 0 Å². The molecule has 23 heavy (non-hydrogen) atoms. The Balaban J connectivity index is 3.17. The van der Waals surface area contributed by atoms with Gasteiger partial charge < -0.3 is 14.5 Å². The van der Waals surface area contributed by atoms with Crippen molar-refractivity contribution in [2.45, 2.75) is 33.6 Å². The Kier molecular flexibility index (Phi) is 6.94. The summed E-state index contributed by atoms with van der Waals surface area (Å²) in [7, 11) is -4.82. The fraction of sp³-hybridized carbons (Fsp3) is 0.467. The van der Waals surface area contributed by atoms with Gasteiger partial charge in [0.25, 0.3) is 0 Å². The Morgan fingerprint density at radius 2 is 1.65 bits per heavy atom. The van der Waals surface area contributed by atoms with Crippen molar-refractivity contribution in [2.24, 2.45) is 5.92 Å². The monoisotopic (exact) mass is 343 g/mol. The van der Waals surface area contributed by atoms with Crippen LogP contribution in [-0.2, 0) is 14.1 Å². The van der Waals surface area contributed by atoms with E-state index in [1.54, 1.807) is 20.8 Å². The number of benzene rings is 1. The van der Waals surface area contributed by atoms with Crippen LogP contribution in [0.1, 0.15) is 44.0 Å². The molecule has 2 N–H and O–H groups in total. The van der Waals surface area contributed by atoms with Gasteiger partial charge in [0, 0.05) is 5.92 Å². The summed E-state index contributed by atoms with van der Waals surface area (Å²) in [6.45, 7) is 5.47. The standard InChI is InChI=1S/C15H22NO6P/c1-4-11(5-2)14(17)16(23(19,20)21)13-9-7-12(8-10-13)15(18)22-6-3/h7-11H,4-6H2,1-3H3,(H2,19,20,21). The molecule has 0 unspecified atom stereocenters. The summed E-state index contributed by atoms with van der Waals surface area (Å²) >= 11 is 0. The topological polar surface area (TPSA) is 104 Å². The van der Waals surface area contributed by atoms with Gasteiger partial charge >= 0.3 is 13.7 Å². The first-order chi connectivity index (χ1) is 10.8. The third-order valence-corrected chi connectivity index (χ3v) is 4.38. The van der Waals surface area contributed by atoms with E-state index in [4.69, 9.17) is 4.74 Å². The normalized spacial score (nSPS) is 11.4. The Morgan fingerprint density at radius 1 is 1.13 bits per heavy atom. The van der Waals surface area contributed by atoms with Crippen LogP contribution in [0.4, 0.5) is 5.69 Å². The van der Waals surface area contributed by atoms with E-state index in [0.29, 0.717) is 17.5 Å². The van der Waals surface area contributed by atoms with Crippen LogP contribution in [0.3, 0.4) is 0 Å². The van der Waals surface area contributed by atoms with Gasteiger partial charge in [0.15, 0.2) is 0 Å². The van der Waals surface area contributed by atoms with E-state index in [0.717, 1.165) is 0 Å². The molecule has 1 aromatic rings. The zero-order chi connectivity index (χ0) is 17.6. The number of amides is 1. The van der Waals surface area contributed by atoms with Gasteiger partial charge in [-0.05, 0) is 44.0 Å². The van der Waals surface area contributed by atoms with Crippen molar-refractivity contribution in [2.75, 3.05) is 11.3 Å². The Morgan fingerprint density at radius 3 is 2.04 bits per heavy atom. The molecule has 1 rings (SSSR count). The van der Waals surface area contributed by atoms with Crippen molar-refractivity contribution in [3.8, 4) is 0 Å². The number of anilines is 1. The fourth-order valence-corrected chi connectivity index (χ4v) is 3.02. The van der Waals surface area contributed by atoms with Gasteiger partial charge in [-0.1, -0.05) is 13.8 Å². The van der Waals surface area contributed by atoms with E-state index in [2.05, 4.69) is 0 Å². The summed E-state index contributed by atoms with van der Waals surface area (Å²) in [5, 5.41) is 0. The molecule has 8 heteroatoms. The predicted octanol–water partition coefficient (Wildman–Crippen LogP) is 2.73. The number of carbonyl (C=O) groups excluding carboxylic acids is 2. The lowest BCUT2D eigenvalue weighted by Crippen LogP contribution is -2.33. The molecule has 0 bridgehead atoms. The highest BCUT2D eigenvalue weighted by Gasteiger charge is 2.35. The summed E-state index contributed by atoms with van der Waals surface area (Å²) < 4.78 is 17.1. The first-order valence-electron chi connectivity index (χ1n) is 7.43. The summed E-state index contributed by atoms with van der Waals surface area (Å²) in [5.74, 6) is -1.65. The molecule has 0 aliphatic carbocycles. The van der Waals surface area contributed by atoms with Crippen molar-refractivity contribution in [3.05, 3.63) is 29.8 Å². The molecule has 0 aromatic heterocycles. The average Bonchev–Trinajstić information content (AvgIpc) is 2.48. The Hall–Kier alpha value is -1.69. The zero-order valence-electron chi connectivity index (χ0n) is 13.4. The second kappa shape index (κ2) is 8.24. The number of ether oxygens (including phenoxy) is 1. The fourth-order valence-electron chi connectivity index (χ4n) is 2.17. The van der Waals surface area contributed by atoms with E-state index in [1.165, 1.54) is 24.3 Å². The van der Waals surface area contributed by atoms with Crippen LogP contribution in [0.15, 0.2) is 24.3 Å². The van der Waals surface area contributed by atoms with Crippen LogP contribution in [0.2, 0.25) is 0 Å². The molecule has 7 nitrogen and oxygen atoms in total. The molecule has 0 radical (unpaired) electrons. The number of rotatable bonds is 7. The highest BCUT2D eigenvalue weighted by molar-refractivity contribution is 7.54. The second-order valence-corrected chi connectivity index (χ2v) is 6.37. The molecule has 0 saturated heterocycles. The lowest BCUT2D eigenvalue weighted by atomic mass is 10.0. The van der Waals surface area contributed by atoms with Crippen molar-refractivity contribution in [1.29, 1.82) is 0 Å². The van der Waals surface area contributed by atoms with Gasteiger partial charge in [0.1, 0.15) is 0 Å². The minimum atomic E-state index is -4.82. The third kappa shape index (κ3) is 4.89. The van der Waals surface area contributed by atoms with E-state index >= 15 is 0 Å². The van der Waals surface area contributed by atoms with E-state index in [9.17, 15) is 23.9 Å². The predicted molar refractivity (Wildman–Crippen MR) is 86.0 cm³/mol. The third-order valence-electron chi connectivity index (χ3n) is 3.43. The molecule has 1 amide bonds. The highest BCUT2D eigenvalue weighted by Crippen LogP contribution is 2.45. The number of carbonyl (C=O) groups is 2. The van der Waals surface area contributed by atoms with Crippen molar-refractivity contribution in [1.82, 2.24) is 0 Å². The number of nitrogens with zero attached hydrogens (tertiary/aromatic N) is 1. The van der Waals surface area contributed by atoms with Crippen LogP contribution >= 0.6 is 7.75 Å². The minimum Gasteiger partial charge on any atom is -0.462 e. The summed E-state index contributed by atoms with van der Waals surface area (Å²) in [4.78, 5) is 43.1. The molecule has 0 saturated carbocycles. The average molecular weight is 343 g/mol. The summed E-state index contributed by atoms with van der Waals surface area (Å²) in [6, 6.07) is 5.39. The quantitative estimate of drug-likeness (QED) is 0.583. The summed E-state index contributed by atoms with van der Waals surface area (Å²) in [5.41, 5.74) is 0.291. The largest absolute Gasteiger partial charge is 0.462 e.